The molecule has 4 nitrogen and oxygen atoms in total. The molecule has 0 radical (unpaired) electrons. The van der Waals surface area contributed by atoms with Gasteiger partial charge in [0, 0.05) is 12.6 Å². The van der Waals surface area contributed by atoms with E-state index in [2.05, 4.69) is 6.07 Å². The van der Waals surface area contributed by atoms with Crippen LogP contribution >= 0.6 is 0 Å². The fraction of sp³-hybridized carbons (Fsp3) is 0.833. The Kier molecular flexibility index (Phi) is 4.31. The highest BCUT2D eigenvalue weighted by atomic mass is 16.3. The van der Waals surface area contributed by atoms with E-state index in [4.69, 9.17) is 5.11 Å². The van der Waals surface area contributed by atoms with Crippen LogP contribution in [0.1, 0.15) is 39.5 Å². The molecule has 1 aliphatic rings. The van der Waals surface area contributed by atoms with Crippen LogP contribution in [-0.2, 0) is 4.79 Å². The maximum Gasteiger partial charge on any atom is 0.243 e. The van der Waals surface area contributed by atoms with Gasteiger partial charge < -0.3 is 10.0 Å². The van der Waals surface area contributed by atoms with E-state index in [0.29, 0.717) is 19.4 Å². The van der Waals surface area contributed by atoms with Gasteiger partial charge in [0.1, 0.15) is 5.41 Å². The number of nitrogens with zero attached hydrogens (tertiary/aromatic N) is 2. The Morgan fingerprint density at radius 1 is 1.50 bits per heavy atom. The summed E-state index contributed by atoms with van der Waals surface area (Å²) in [4.78, 5) is 13.9. The summed E-state index contributed by atoms with van der Waals surface area (Å²) in [6, 6.07) is 2.23. The molecule has 1 amide bonds. The van der Waals surface area contributed by atoms with Gasteiger partial charge in [-0.3, -0.25) is 4.79 Å². The molecule has 0 aromatic carbocycles. The molecular formula is C12H20N2O2. The van der Waals surface area contributed by atoms with Crippen LogP contribution in [0.4, 0.5) is 0 Å². The SMILES string of the molecule is CC(C)N(CCO)C(=O)C1(C#N)CCCC1. The van der Waals surface area contributed by atoms with Gasteiger partial charge in [0.25, 0.3) is 0 Å². The first-order valence-corrected chi connectivity index (χ1v) is 5.90. The molecule has 0 spiro atoms. The largest absolute Gasteiger partial charge is 0.395 e. The van der Waals surface area contributed by atoms with Crippen molar-refractivity contribution in [3.63, 3.8) is 0 Å². The Hall–Kier alpha value is -1.08. The van der Waals surface area contributed by atoms with Gasteiger partial charge in [0.2, 0.25) is 5.91 Å². The van der Waals surface area contributed by atoms with Crippen LogP contribution in [0.3, 0.4) is 0 Å². The van der Waals surface area contributed by atoms with Crippen LogP contribution in [-0.4, -0.2) is 35.1 Å². The summed E-state index contributed by atoms with van der Waals surface area (Å²) in [6.07, 6.45) is 3.22. The first-order chi connectivity index (χ1) is 7.57. The molecule has 1 rings (SSSR count). The zero-order valence-electron chi connectivity index (χ0n) is 10.1. The number of hydrogen-bond donors (Lipinski definition) is 1. The second kappa shape index (κ2) is 5.31. The summed E-state index contributed by atoms with van der Waals surface area (Å²) >= 11 is 0. The Morgan fingerprint density at radius 2 is 2.06 bits per heavy atom. The molecule has 1 fully saturated rings. The molecule has 90 valence electrons. The molecule has 0 heterocycles. The number of aliphatic hydroxyl groups is 1. The minimum Gasteiger partial charge on any atom is -0.395 e. The highest BCUT2D eigenvalue weighted by Gasteiger charge is 2.44. The number of aliphatic hydroxyl groups excluding tert-OH is 1. The van der Waals surface area contributed by atoms with Crippen LogP contribution in [0.25, 0.3) is 0 Å². The van der Waals surface area contributed by atoms with Crippen molar-refractivity contribution in [3.8, 4) is 6.07 Å². The van der Waals surface area contributed by atoms with Gasteiger partial charge in [-0.1, -0.05) is 12.8 Å². The average Bonchev–Trinajstić information content (AvgIpc) is 2.74. The Bertz CT molecular complexity index is 288. The molecule has 0 aromatic rings. The number of carbonyl (C=O) groups excluding carboxylic acids is 1. The molecule has 0 aromatic heterocycles. The van der Waals surface area contributed by atoms with Crippen LogP contribution in [0.15, 0.2) is 0 Å². The molecule has 1 aliphatic carbocycles. The van der Waals surface area contributed by atoms with Crippen molar-refractivity contribution in [1.29, 1.82) is 5.26 Å². The summed E-state index contributed by atoms with van der Waals surface area (Å²) in [6.45, 7) is 4.09. The lowest BCUT2D eigenvalue weighted by molar-refractivity contribution is -0.141. The maximum absolute atomic E-state index is 12.3. The molecule has 16 heavy (non-hydrogen) atoms. The first kappa shape index (κ1) is 13.0. The summed E-state index contributed by atoms with van der Waals surface area (Å²) in [5.41, 5.74) is -0.820. The van der Waals surface area contributed by atoms with E-state index in [1.807, 2.05) is 13.8 Å². The van der Waals surface area contributed by atoms with E-state index >= 15 is 0 Å². The van der Waals surface area contributed by atoms with Crippen LogP contribution in [0.2, 0.25) is 0 Å². The van der Waals surface area contributed by atoms with E-state index < -0.39 is 5.41 Å². The van der Waals surface area contributed by atoms with Gasteiger partial charge in [0.15, 0.2) is 0 Å². The Morgan fingerprint density at radius 3 is 2.44 bits per heavy atom. The third-order valence-electron chi connectivity index (χ3n) is 3.31. The fourth-order valence-electron chi connectivity index (χ4n) is 2.33. The summed E-state index contributed by atoms with van der Waals surface area (Å²) < 4.78 is 0. The van der Waals surface area contributed by atoms with Crippen molar-refractivity contribution in [2.24, 2.45) is 5.41 Å². The second-order valence-corrected chi connectivity index (χ2v) is 4.72. The van der Waals surface area contributed by atoms with E-state index in [1.54, 1.807) is 4.90 Å². The third-order valence-corrected chi connectivity index (χ3v) is 3.31. The second-order valence-electron chi connectivity index (χ2n) is 4.72. The van der Waals surface area contributed by atoms with Gasteiger partial charge in [-0.05, 0) is 26.7 Å². The number of rotatable bonds is 4. The van der Waals surface area contributed by atoms with E-state index in [9.17, 15) is 10.1 Å². The van der Waals surface area contributed by atoms with Crippen molar-refractivity contribution < 1.29 is 9.90 Å². The summed E-state index contributed by atoms with van der Waals surface area (Å²) in [7, 11) is 0. The molecule has 0 atom stereocenters. The number of hydrogen-bond acceptors (Lipinski definition) is 3. The van der Waals surface area contributed by atoms with Crippen molar-refractivity contribution in [3.05, 3.63) is 0 Å². The highest BCUT2D eigenvalue weighted by Crippen LogP contribution is 2.39. The smallest absolute Gasteiger partial charge is 0.243 e. The summed E-state index contributed by atoms with van der Waals surface area (Å²) in [5.74, 6) is -0.100. The topological polar surface area (TPSA) is 64.3 Å². The van der Waals surface area contributed by atoms with Crippen LogP contribution < -0.4 is 0 Å². The predicted molar refractivity (Wildman–Crippen MR) is 60.4 cm³/mol. The lowest BCUT2D eigenvalue weighted by Crippen LogP contribution is -2.46. The molecular weight excluding hydrogens is 204 g/mol. The quantitative estimate of drug-likeness (QED) is 0.782. The lowest BCUT2D eigenvalue weighted by Gasteiger charge is -2.32. The maximum atomic E-state index is 12.3. The zero-order chi connectivity index (χ0) is 12.2. The highest BCUT2D eigenvalue weighted by molar-refractivity contribution is 5.86. The minimum atomic E-state index is -0.820. The molecule has 0 aliphatic heterocycles. The molecule has 0 unspecified atom stereocenters. The normalized spacial score (nSPS) is 18.4. The lowest BCUT2D eigenvalue weighted by atomic mass is 9.86. The van der Waals surface area contributed by atoms with E-state index in [0.717, 1.165) is 12.8 Å². The standard InChI is InChI=1S/C12H20N2O2/c1-10(2)14(7-8-15)11(16)12(9-13)5-3-4-6-12/h10,15H,3-8H2,1-2H3. The zero-order valence-corrected chi connectivity index (χ0v) is 10.1. The molecule has 1 saturated carbocycles. The van der Waals surface area contributed by atoms with Crippen molar-refractivity contribution in [2.75, 3.05) is 13.2 Å². The number of carbonyl (C=O) groups is 1. The van der Waals surface area contributed by atoms with Gasteiger partial charge in [-0.25, -0.2) is 0 Å². The van der Waals surface area contributed by atoms with Gasteiger partial charge in [-0.2, -0.15) is 5.26 Å². The first-order valence-electron chi connectivity index (χ1n) is 5.90. The minimum absolute atomic E-state index is 0.0328. The van der Waals surface area contributed by atoms with Crippen molar-refractivity contribution in [1.82, 2.24) is 4.90 Å². The summed E-state index contributed by atoms with van der Waals surface area (Å²) in [5, 5.41) is 18.2. The average molecular weight is 224 g/mol. The van der Waals surface area contributed by atoms with Crippen LogP contribution in [0.5, 0.6) is 0 Å². The number of nitriles is 1. The number of amides is 1. The van der Waals surface area contributed by atoms with E-state index in [1.165, 1.54) is 0 Å². The Balaban J connectivity index is 2.84. The monoisotopic (exact) mass is 224 g/mol. The van der Waals surface area contributed by atoms with Gasteiger partial charge >= 0.3 is 0 Å². The molecule has 0 saturated heterocycles. The van der Waals surface area contributed by atoms with E-state index in [-0.39, 0.29) is 18.6 Å². The molecule has 4 heteroatoms. The fourth-order valence-corrected chi connectivity index (χ4v) is 2.33. The van der Waals surface area contributed by atoms with Crippen LogP contribution in [0, 0.1) is 16.7 Å². The molecule has 1 N–H and O–H groups in total. The van der Waals surface area contributed by atoms with Crippen molar-refractivity contribution >= 4 is 5.91 Å². The van der Waals surface area contributed by atoms with Gasteiger partial charge in [0.05, 0.1) is 12.7 Å². The van der Waals surface area contributed by atoms with Crippen molar-refractivity contribution in [2.45, 2.75) is 45.6 Å². The third kappa shape index (κ3) is 2.35. The van der Waals surface area contributed by atoms with Gasteiger partial charge in [-0.15, -0.1) is 0 Å². The predicted octanol–water partition coefficient (Wildman–Crippen LogP) is 1.30. The molecule has 0 bridgehead atoms. The Labute approximate surface area is 96.9 Å².